The van der Waals surface area contributed by atoms with Gasteiger partial charge in [-0.1, -0.05) is 25.1 Å². The highest BCUT2D eigenvalue weighted by Crippen LogP contribution is 2.36. The van der Waals surface area contributed by atoms with Crippen molar-refractivity contribution in [1.29, 1.82) is 0 Å². The number of nitrogens with zero attached hydrogens (tertiary/aromatic N) is 2. The third-order valence-electron chi connectivity index (χ3n) is 6.80. The molecule has 7 heteroatoms. The quantitative estimate of drug-likeness (QED) is 0.430. The fraction of sp³-hybridized carbons (Fsp3) is 0.241. The molecule has 1 N–H and O–H groups in total. The van der Waals surface area contributed by atoms with E-state index in [-0.39, 0.29) is 17.6 Å². The van der Waals surface area contributed by atoms with Gasteiger partial charge in [0.1, 0.15) is 17.2 Å². The van der Waals surface area contributed by atoms with Gasteiger partial charge >= 0.3 is 0 Å². The number of rotatable bonds is 5. The molecule has 1 aliphatic rings. The van der Waals surface area contributed by atoms with E-state index in [4.69, 9.17) is 4.42 Å². The topological polar surface area (TPSA) is 65.8 Å². The van der Waals surface area contributed by atoms with Gasteiger partial charge in [-0.2, -0.15) is 0 Å². The molecule has 3 aromatic carbocycles. The molecule has 0 aliphatic carbocycles. The van der Waals surface area contributed by atoms with E-state index in [1.165, 1.54) is 12.1 Å². The van der Waals surface area contributed by atoms with Crippen molar-refractivity contribution in [2.75, 3.05) is 39.8 Å². The molecule has 0 unspecified atom stereocenters. The zero-order chi connectivity index (χ0) is 25.2. The number of likely N-dealkylation sites (N-methyl/N-ethyl adjacent to an activating group) is 1. The zero-order valence-electron chi connectivity index (χ0n) is 20.4. The molecule has 1 aromatic heterocycles. The monoisotopic (exact) mass is 485 g/mol. The van der Waals surface area contributed by atoms with Crippen molar-refractivity contribution in [2.24, 2.45) is 0 Å². The highest BCUT2D eigenvalue weighted by Gasteiger charge is 2.23. The largest absolute Gasteiger partial charge is 0.455 e. The van der Waals surface area contributed by atoms with Gasteiger partial charge in [-0.25, -0.2) is 4.39 Å². The van der Waals surface area contributed by atoms with E-state index < -0.39 is 0 Å². The van der Waals surface area contributed by atoms with Crippen LogP contribution in [0.25, 0.3) is 33.4 Å². The summed E-state index contributed by atoms with van der Waals surface area (Å²) >= 11 is 0. The minimum Gasteiger partial charge on any atom is -0.455 e. The van der Waals surface area contributed by atoms with Gasteiger partial charge in [-0.3, -0.25) is 9.59 Å². The molecular formula is C29H28FN3O3. The summed E-state index contributed by atoms with van der Waals surface area (Å²) in [6.45, 7) is 6.35. The van der Waals surface area contributed by atoms with Crippen molar-refractivity contribution >= 4 is 22.8 Å². The molecule has 1 fully saturated rings. The summed E-state index contributed by atoms with van der Waals surface area (Å²) in [6, 6.07) is 19.1. The van der Waals surface area contributed by atoms with Gasteiger partial charge in [0.25, 0.3) is 11.8 Å². The van der Waals surface area contributed by atoms with Crippen LogP contribution in [-0.2, 0) is 0 Å². The smallest absolute Gasteiger partial charge is 0.255 e. The molecule has 184 valence electrons. The van der Waals surface area contributed by atoms with Crippen LogP contribution < -0.4 is 5.32 Å². The van der Waals surface area contributed by atoms with Crippen LogP contribution in [0, 0.1) is 5.82 Å². The number of benzene rings is 3. The standard InChI is InChI=1S/C29H28FN3O3/c1-3-32-13-15-33(16-14-32)29(35)22-6-4-5-20(17-22)21-9-12-25-24(18-21)26(28(34)31-2)27(36-25)19-7-10-23(30)11-8-19/h4-12,17-18H,3,13-16H2,1-2H3,(H,31,34). The minimum absolute atomic E-state index is 0.0293. The van der Waals surface area contributed by atoms with Crippen molar-refractivity contribution in [3.05, 3.63) is 83.7 Å². The molecule has 0 bridgehead atoms. The fourth-order valence-corrected chi connectivity index (χ4v) is 4.71. The Balaban J connectivity index is 1.51. The van der Waals surface area contributed by atoms with Crippen LogP contribution in [0.4, 0.5) is 4.39 Å². The van der Waals surface area contributed by atoms with Gasteiger partial charge in [0, 0.05) is 49.7 Å². The molecule has 0 saturated carbocycles. The maximum Gasteiger partial charge on any atom is 0.255 e. The highest BCUT2D eigenvalue weighted by atomic mass is 19.1. The third-order valence-corrected chi connectivity index (χ3v) is 6.80. The van der Waals surface area contributed by atoms with E-state index in [0.717, 1.165) is 43.9 Å². The van der Waals surface area contributed by atoms with E-state index in [1.807, 2.05) is 47.4 Å². The molecule has 0 spiro atoms. The third kappa shape index (κ3) is 4.50. The van der Waals surface area contributed by atoms with Crippen LogP contribution in [0.15, 0.2) is 71.1 Å². The number of amides is 2. The number of carbonyl (C=O) groups is 2. The Hall–Kier alpha value is -3.97. The Morgan fingerprint density at radius 2 is 1.61 bits per heavy atom. The molecule has 1 saturated heterocycles. The molecule has 2 heterocycles. The molecule has 4 aromatic rings. The zero-order valence-corrected chi connectivity index (χ0v) is 20.4. The summed E-state index contributed by atoms with van der Waals surface area (Å²) in [4.78, 5) is 30.3. The van der Waals surface area contributed by atoms with Gasteiger partial charge < -0.3 is 19.5 Å². The van der Waals surface area contributed by atoms with Crippen molar-refractivity contribution in [1.82, 2.24) is 15.1 Å². The molecule has 0 atom stereocenters. The van der Waals surface area contributed by atoms with E-state index in [0.29, 0.717) is 33.4 Å². The first kappa shape index (κ1) is 23.8. The number of carbonyl (C=O) groups excluding carboxylic acids is 2. The molecule has 0 radical (unpaired) electrons. The predicted molar refractivity (Wildman–Crippen MR) is 138 cm³/mol. The Morgan fingerprint density at radius 3 is 2.31 bits per heavy atom. The lowest BCUT2D eigenvalue weighted by molar-refractivity contribution is 0.0643. The first-order valence-electron chi connectivity index (χ1n) is 12.1. The molecule has 6 nitrogen and oxygen atoms in total. The Labute approximate surface area is 209 Å². The molecule has 36 heavy (non-hydrogen) atoms. The summed E-state index contributed by atoms with van der Waals surface area (Å²) < 4.78 is 19.5. The Morgan fingerprint density at radius 1 is 0.917 bits per heavy atom. The predicted octanol–water partition coefficient (Wildman–Crippen LogP) is 5.04. The van der Waals surface area contributed by atoms with Gasteiger partial charge in [-0.15, -0.1) is 0 Å². The Bertz CT molecular complexity index is 1420. The van der Waals surface area contributed by atoms with Gasteiger partial charge in [0.05, 0.1) is 5.56 Å². The lowest BCUT2D eigenvalue weighted by Gasteiger charge is -2.34. The average molecular weight is 486 g/mol. The number of nitrogens with one attached hydrogen (secondary N) is 1. The number of fused-ring (bicyclic) bond motifs is 1. The Kier molecular flexibility index (Phi) is 6.57. The van der Waals surface area contributed by atoms with Crippen LogP contribution in [0.5, 0.6) is 0 Å². The summed E-state index contributed by atoms with van der Waals surface area (Å²) in [5.74, 6) is -0.237. The summed E-state index contributed by atoms with van der Waals surface area (Å²) in [6.07, 6.45) is 0. The number of furan rings is 1. The molecule has 1 aliphatic heterocycles. The lowest BCUT2D eigenvalue weighted by atomic mass is 9.98. The maximum absolute atomic E-state index is 13.5. The minimum atomic E-state index is -0.361. The van der Waals surface area contributed by atoms with Crippen LogP contribution in [0.3, 0.4) is 0 Å². The van der Waals surface area contributed by atoms with E-state index in [1.54, 1.807) is 19.2 Å². The number of hydrogen-bond donors (Lipinski definition) is 1. The van der Waals surface area contributed by atoms with Crippen molar-refractivity contribution in [3.63, 3.8) is 0 Å². The van der Waals surface area contributed by atoms with E-state index >= 15 is 0 Å². The van der Waals surface area contributed by atoms with Crippen molar-refractivity contribution in [2.45, 2.75) is 6.92 Å². The highest BCUT2D eigenvalue weighted by molar-refractivity contribution is 6.11. The van der Waals surface area contributed by atoms with Crippen molar-refractivity contribution in [3.8, 4) is 22.5 Å². The molecular weight excluding hydrogens is 457 g/mol. The lowest BCUT2D eigenvalue weighted by Crippen LogP contribution is -2.48. The molecule has 5 rings (SSSR count). The van der Waals surface area contributed by atoms with Crippen LogP contribution >= 0.6 is 0 Å². The summed E-state index contributed by atoms with van der Waals surface area (Å²) in [7, 11) is 1.56. The molecule has 2 amide bonds. The second-order valence-corrected chi connectivity index (χ2v) is 8.91. The first-order chi connectivity index (χ1) is 17.5. The van der Waals surface area contributed by atoms with E-state index in [9.17, 15) is 14.0 Å². The van der Waals surface area contributed by atoms with Crippen LogP contribution in [-0.4, -0.2) is 61.4 Å². The number of piperazine rings is 1. The van der Waals surface area contributed by atoms with Crippen molar-refractivity contribution < 1.29 is 18.4 Å². The fourth-order valence-electron chi connectivity index (χ4n) is 4.71. The number of hydrogen-bond acceptors (Lipinski definition) is 4. The summed E-state index contributed by atoms with van der Waals surface area (Å²) in [5.41, 5.74) is 3.94. The van der Waals surface area contributed by atoms with Gasteiger partial charge in [0.2, 0.25) is 0 Å². The van der Waals surface area contributed by atoms with Crippen LogP contribution in [0.1, 0.15) is 27.6 Å². The maximum atomic E-state index is 13.5. The average Bonchev–Trinajstić information content (AvgIpc) is 3.31. The summed E-state index contributed by atoms with van der Waals surface area (Å²) in [5, 5.41) is 3.33. The normalized spacial score (nSPS) is 14.2. The SMILES string of the molecule is CCN1CCN(C(=O)c2cccc(-c3ccc4oc(-c5ccc(F)cc5)c(C(=O)NC)c4c3)c2)CC1. The van der Waals surface area contributed by atoms with Gasteiger partial charge in [-0.05, 0) is 66.2 Å². The van der Waals surface area contributed by atoms with Crippen LogP contribution in [0.2, 0.25) is 0 Å². The second-order valence-electron chi connectivity index (χ2n) is 8.91. The number of halogens is 1. The second kappa shape index (κ2) is 9.95. The van der Waals surface area contributed by atoms with Gasteiger partial charge in [0.15, 0.2) is 0 Å². The van der Waals surface area contributed by atoms with E-state index in [2.05, 4.69) is 17.1 Å². The first-order valence-corrected chi connectivity index (χ1v) is 12.1.